The van der Waals surface area contributed by atoms with Crippen LogP contribution in [-0.4, -0.2) is 47.3 Å². The summed E-state index contributed by atoms with van der Waals surface area (Å²) in [6, 6.07) is 17.2. The highest BCUT2D eigenvalue weighted by Crippen LogP contribution is 2.26. The molecule has 1 aliphatic rings. The van der Waals surface area contributed by atoms with Gasteiger partial charge in [-0.05, 0) is 42.3 Å². The predicted molar refractivity (Wildman–Crippen MR) is 126 cm³/mol. The summed E-state index contributed by atoms with van der Waals surface area (Å²) in [6.45, 7) is 4.64. The smallest absolute Gasteiger partial charge is 0.322 e. The maximum Gasteiger partial charge on any atom is 0.322 e. The second kappa shape index (κ2) is 9.54. The number of anilines is 2. The van der Waals surface area contributed by atoms with Crippen molar-refractivity contribution in [2.24, 2.45) is 0 Å². The molecule has 1 aromatic heterocycles. The molecular formula is C23H23Cl2N5O. The highest BCUT2D eigenvalue weighted by atomic mass is 35.5. The van der Waals surface area contributed by atoms with E-state index >= 15 is 0 Å². The molecule has 4 rings (SSSR count). The highest BCUT2D eigenvalue weighted by molar-refractivity contribution is 6.35. The lowest BCUT2D eigenvalue weighted by molar-refractivity contribution is 0.208. The van der Waals surface area contributed by atoms with Gasteiger partial charge in [0.2, 0.25) is 0 Å². The van der Waals surface area contributed by atoms with Crippen LogP contribution in [0.15, 0.2) is 54.6 Å². The van der Waals surface area contributed by atoms with Crippen molar-refractivity contribution < 1.29 is 4.79 Å². The van der Waals surface area contributed by atoms with Crippen molar-refractivity contribution in [1.82, 2.24) is 15.1 Å². The average molecular weight is 456 g/mol. The second-order valence-corrected chi connectivity index (χ2v) is 8.20. The minimum atomic E-state index is -0.194. The topological polar surface area (TPSA) is 61.4 Å². The van der Waals surface area contributed by atoms with E-state index in [1.165, 1.54) is 5.56 Å². The molecule has 0 spiro atoms. The summed E-state index contributed by atoms with van der Waals surface area (Å²) in [5.74, 6) is 0.812. The molecule has 1 fully saturated rings. The Kier molecular flexibility index (Phi) is 6.59. The van der Waals surface area contributed by atoms with Crippen molar-refractivity contribution in [3.05, 3.63) is 70.2 Å². The maximum atomic E-state index is 12.6. The molecule has 1 aliphatic heterocycles. The number of amides is 2. The summed E-state index contributed by atoms with van der Waals surface area (Å²) in [5.41, 5.74) is 3.71. The van der Waals surface area contributed by atoms with Gasteiger partial charge in [-0.25, -0.2) is 4.79 Å². The first kappa shape index (κ1) is 21.4. The van der Waals surface area contributed by atoms with E-state index in [4.69, 9.17) is 23.2 Å². The molecule has 31 heavy (non-hydrogen) atoms. The van der Waals surface area contributed by atoms with Crippen LogP contribution in [0.5, 0.6) is 0 Å². The maximum absolute atomic E-state index is 12.6. The Bertz CT molecular complexity index is 1050. The summed E-state index contributed by atoms with van der Waals surface area (Å²) < 4.78 is 0. The Morgan fingerprint density at radius 3 is 2.35 bits per heavy atom. The number of nitrogens with zero attached hydrogens (tertiary/aromatic N) is 4. The lowest BCUT2D eigenvalue weighted by atomic mass is 10.1. The zero-order valence-electron chi connectivity index (χ0n) is 17.2. The molecule has 0 radical (unpaired) electrons. The van der Waals surface area contributed by atoms with Crippen LogP contribution in [0.4, 0.5) is 16.3 Å². The summed E-state index contributed by atoms with van der Waals surface area (Å²) in [4.78, 5) is 16.5. The van der Waals surface area contributed by atoms with Crippen LogP contribution < -0.4 is 10.2 Å². The number of piperazine rings is 1. The third-order valence-electron chi connectivity index (χ3n) is 5.37. The van der Waals surface area contributed by atoms with Crippen LogP contribution >= 0.6 is 23.2 Å². The predicted octanol–water partition coefficient (Wildman–Crippen LogP) is 5.37. The second-order valence-electron chi connectivity index (χ2n) is 7.36. The van der Waals surface area contributed by atoms with Crippen molar-refractivity contribution in [1.29, 1.82) is 0 Å². The van der Waals surface area contributed by atoms with E-state index in [1.807, 2.05) is 12.1 Å². The van der Waals surface area contributed by atoms with Crippen LogP contribution in [-0.2, 0) is 6.42 Å². The molecule has 0 unspecified atom stereocenters. The molecule has 160 valence electrons. The van der Waals surface area contributed by atoms with Crippen molar-refractivity contribution in [3.63, 3.8) is 0 Å². The fourth-order valence-electron chi connectivity index (χ4n) is 3.49. The summed E-state index contributed by atoms with van der Waals surface area (Å²) in [5, 5.41) is 12.6. The van der Waals surface area contributed by atoms with Crippen LogP contribution in [0.25, 0.3) is 11.3 Å². The van der Waals surface area contributed by atoms with Crippen molar-refractivity contribution in [3.8, 4) is 11.3 Å². The molecule has 6 nitrogen and oxygen atoms in total. The number of hydrogen-bond donors (Lipinski definition) is 1. The number of benzene rings is 2. The SMILES string of the molecule is CCc1ccc(-c2ccc(N3CCN(C(=O)Nc4cc(Cl)ccc4Cl)CC3)nn2)cc1. The molecule has 1 saturated heterocycles. The fraction of sp³-hybridized carbons (Fsp3) is 0.261. The number of nitrogens with one attached hydrogen (secondary N) is 1. The molecule has 2 aromatic carbocycles. The van der Waals surface area contributed by atoms with E-state index in [9.17, 15) is 4.79 Å². The molecule has 2 heterocycles. The molecule has 8 heteroatoms. The van der Waals surface area contributed by atoms with E-state index in [0.717, 1.165) is 23.5 Å². The summed E-state index contributed by atoms with van der Waals surface area (Å²) in [7, 11) is 0. The number of aromatic nitrogens is 2. The average Bonchev–Trinajstić information content (AvgIpc) is 2.82. The Labute approximate surface area is 191 Å². The van der Waals surface area contributed by atoms with E-state index < -0.39 is 0 Å². The molecule has 1 N–H and O–H groups in total. The lowest BCUT2D eigenvalue weighted by Crippen LogP contribution is -2.50. The minimum Gasteiger partial charge on any atom is -0.352 e. The first-order chi connectivity index (χ1) is 15.0. The van der Waals surface area contributed by atoms with E-state index in [0.29, 0.717) is 41.9 Å². The number of urea groups is 1. The van der Waals surface area contributed by atoms with Gasteiger partial charge in [0.1, 0.15) is 0 Å². The largest absolute Gasteiger partial charge is 0.352 e. The van der Waals surface area contributed by atoms with Gasteiger partial charge in [-0.1, -0.05) is 54.4 Å². The molecule has 3 aromatic rings. The van der Waals surface area contributed by atoms with E-state index in [2.05, 4.69) is 51.6 Å². The molecule has 2 amide bonds. The van der Waals surface area contributed by atoms with Gasteiger partial charge in [0.15, 0.2) is 5.82 Å². The summed E-state index contributed by atoms with van der Waals surface area (Å²) in [6.07, 6.45) is 1.01. The number of carbonyl (C=O) groups is 1. The van der Waals surface area contributed by atoms with Gasteiger partial charge in [0.25, 0.3) is 0 Å². The summed E-state index contributed by atoms with van der Waals surface area (Å²) >= 11 is 12.1. The lowest BCUT2D eigenvalue weighted by Gasteiger charge is -2.35. The van der Waals surface area contributed by atoms with Gasteiger partial charge >= 0.3 is 6.03 Å². The van der Waals surface area contributed by atoms with Crippen LogP contribution in [0, 0.1) is 0 Å². The molecular weight excluding hydrogens is 433 g/mol. The van der Waals surface area contributed by atoms with Gasteiger partial charge in [0, 0.05) is 36.8 Å². The van der Waals surface area contributed by atoms with Gasteiger partial charge in [-0.2, -0.15) is 0 Å². The van der Waals surface area contributed by atoms with Crippen molar-refractivity contribution >= 4 is 40.7 Å². The molecule has 0 atom stereocenters. The van der Waals surface area contributed by atoms with Crippen molar-refractivity contribution in [2.75, 3.05) is 36.4 Å². The van der Waals surface area contributed by atoms with Gasteiger partial charge < -0.3 is 15.1 Å². The van der Waals surface area contributed by atoms with Crippen LogP contribution in [0.3, 0.4) is 0 Å². The Morgan fingerprint density at radius 1 is 0.968 bits per heavy atom. The zero-order valence-corrected chi connectivity index (χ0v) is 18.7. The monoisotopic (exact) mass is 455 g/mol. The quantitative estimate of drug-likeness (QED) is 0.574. The molecule has 0 aliphatic carbocycles. The third-order valence-corrected chi connectivity index (χ3v) is 5.93. The van der Waals surface area contributed by atoms with Crippen LogP contribution in [0.2, 0.25) is 10.0 Å². The number of rotatable bonds is 4. The van der Waals surface area contributed by atoms with Gasteiger partial charge in [-0.3, -0.25) is 0 Å². The number of hydrogen-bond acceptors (Lipinski definition) is 4. The number of aryl methyl sites for hydroxylation is 1. The Morgan fingerprint density at radius 2 is 1.71 bits per heavy atom. The zero-order chi connectivity index (χ0) is 21.8. The van der Waals surface area contributed by atoms with E-state index in [1.54, 1.807) is 23.1 Å². The Balaban J connectivity index is 1.35. The fourth-order valence-corrected chi connectivity index (χ4v) is 3.82. The number of carbonyl (C=O) groups excluding carboxylic acids is 1. The van der Waals surface area contributed by atoms with Gasteiger partial charge in [-0.15, -0.1) is 10.2 Å². The third kappa shape index (κ3) is 5.09. The molecule has 0 bridgehead atoms. The van der Waals surface area contributed by atoms with Gasteiger partial charge in [0.05, 0.1) is 16.4 Å². The first-order valence-electron chi connectivity index (χ1n) is 10.2. The first-order valence-corrected chi connectivity index (χ1v) is 11.0. The minimum absolute atomic E-state index is 0.194. The highest BCUT2D eigenvalue weighted by Gasteiger charge is 2.22. The number of halogens is 2. The normalized spacial score (nSPS) is 13.9. The van der Waals surface area contributed by atoms with Crippen LogP contribution in [0.1, 0.15) is 12.5 Å². The van der Waals surface area contributed by atoms with Crippen molar-refractivity contribution in [2.45, 2.75) is 13.3 Å². The molecule has 0 saturated carbocycles. The standard InChI is InChI=1S/C23H23Cl2N5O/c1-2-16-3-5-17(6-4-16)20-9-10-22(28-27-20)29-11-13-30(14-12-29)23(31)26-21-15-18(24)7-8-19(21)25/h3-10,15H,2,11-14H2,1H3,(H,26,31). The van der Waals surface area contributed by atoms with E-state index in [-0.39, 0.29) is 6.03 Å². The Hall–Kier alpha value is -2.83.